The van der Waals surface area contributed by atoms with Crippen molar-refractivity contribution < 1.29 is 13.7 Å². The third kappa shape index (κ3) is 1.99. The van der Waals surface area contributed by atoms with Crippen LogP contribution in [0.3, 0.4) is 0 Å². The summed E-state index contributed by atoms with van der Waals surface area (Å²) >= 11 is 0. The van der Waals surface area contributed by atoms with Crippen molar-refractivity contribution in [3.63, 3.8) is 0 Å². The molecule has 1 saturated heterocycles. The van der Waals surface area contributed by atoms with E-state index in [0.29, 0.717) is 30.6 Å². The number of nitrogens with zero attached hydrogens (tertiary/aromatic N) is 3. The van der Waals surface area contributed by atoms with Crippen LogP contribution < -0.4 is 0 Å². The highest BCUT2D eigenvalue weighted by molar-refractivity contribution is 5.96. The maximum absolute atomic E-state index is 12.3. The lowest BCUT2D eigenvalue weighted by Crippen LogP contribution is -2.48. The Balaban J connectivity index is 1.49. The van der Waals surface area contributed by atoms with Crippen molar-refractivity contribution in [1.82, 2.24) is 15.0 Å². The second-order valence-corrected chi connectivity index (χ2v) is 5.24. The predicted octanol–water partition coefficient (Wildman–Crippen LogP) is 2.36. The van der Waals surface area contributed by atoms with Crippen molar-refractivity contribution in [2.75, 3.05) is 13.1 Å². The van der Waals surface area contributed by atoms with E-state index in [4.69, 9.17) is 8.94 Å². The summed E-state index contributed by atoms with van der Waals surface area (Å²) in [6, 6.07) is 9.37. The van der Waals surface area contributed by atoms with Crippen molar-refractivity contribution in [2.24, 2.45) is 0 Å². The number of likely N-dealkylation sites (tertiary alicyclic amines) is 1. The van der Waals surface area contributed by atoms with Crippen LogP contribution in [0.25, 0.3) is 11.0 Å². The Bertz CT molecular complexity index is 781. The maximum Gasteiger partial charge on any atom is 0.289 e. The number of carbonyl (C=O) groups excluding carboxylic acids is 1. The molecule has 2 aromatic heterocycles. The van der Waals surface area contributed by atoms with Gasteiger partial charge < -0.3 is 13.8 Å². The van der Waals surface area contributed by atoms with Crippen LogP contribution in [0.2, 0.25) is 0 Å². The molecular formula is C15H13N3O3. The van der Waals surface area contributed by atoms with Gasteiger partial charge in [-0.2, -0.15) is 4.98 Å². The summed E-state index contributed by atoms with van der Waals surface area (Å²) in [6.45, 7) is 2.94. The van der Waals surface area contributed by atoms with E-state index >= 15 is 0 Å². The Kier molecular flexibility index (Phi) is 2.57. The van der Waals surface area contributed by atoms with E-state index in [1.54, 1.807) is 17.9 Å². The second kappa shape index (κ2) is 4.44. The first-order valence-corrected chi connectivity index (χ1v) is 6.79. The number of rotatable bonds is 2. The smallest absolute Gasteiger partial charge is 0.289 e. The van der Waals surface area contributed by atoms with Crippen molar-refractivity contribution in [3.8, 4) is 0 Å². The zero-order chi connectivity index (χ0) is 14.4. The topological polar surface area (TPSA) is 72.4 Å². The molecular weight excluding hydrogens is 270 g/mol. The van der Waals surface area contributed by atoms with Gasteiger partial charge in [-0.3, -0.25) is 4.79 Å². The highest BCUT2D eigenvalue weighted by Gasteiger charge is 2.36. The molecule has 1 aromatic carbocycles. The maximum atomic E-state index is 12.3. The van der Waals surface area contributed by atoms with Gasteiger partial charge in [-0.15, -0.1) is 0 Å². The lowest BCUT2D eigenvalue weighted by atomic mass is 10.00. The molecule has 21 heavy (non-hydrogen) atoms. The van der Waals surface area contributed by atoms with Crippen LogP contribution in [-0.2, 0) is 0 Å². The van der Waals surface area contributed by atoms with Gasteiger partial charge in [0.05, 0.1) is 5.92 Å². The minimum absolute atomic E-state index is 0.0984. The zero-order valence-electron chi connectivity index (χ0n) is 11.4. The summed E-state index contributed by atoms with van der Waals surface area (Å²) in [5.74, 6) is 1.61. The van der Waals surface area contributed by atoms with Gasteiger partial charge in [0.15, 0.2) is 11.6 Å². The fourth-order valence-electron chi connectivity index (χ4n) is 2.52. The SMILES string of the molecule is Cc1noc(C2CN(C(=O)c3cc4ccccc4o3)C2)n1. The van der Waals surface area contributed by atoms with Gasteiger partial charge in [0.25, 0.3) is 5.91 Å². The average molecular weight is 283 g/mol. The number of amides is 1. The van der Waals surface area contributed by atoms with E-state index in [1.807, 2.05) is 24.3 Å². The van der Waals surface area contributed by atoms with Crippen LogP contribution in [0.15, 0.2) is 39.3 Å². The minimum atomic E-state index is -0.0984. The summed E-state index contributed by atoms with van der Waals surface area (Å²) in [6.07, 6.45) is 0. The lowest BCUT2D eigenvalue weighted by Gasteiger charge is -2.36. The third-order valence-electron chi connectivity index (χ3n) is 3.70. The number of hydrogen-bond donors (Lipinski definition) is 0. The Morgan fingerprint density at radius 2 is 2.14 bits per heavy atom. The number of fused-ring (bicyclic) bond motifs is 1. The molecule has 0 aliphatic carbocycles. The Hall–Kier alpha value is -2.63. The van der Waals surface area contributed by atoms with Crippen molar-refractivity contribution in [3.05, 3.63) is 47.8 Å². The van der Waals surface area contributed by atoms with Crippen LogP contribution in [0.1, 0.15) is 28.2 Å². The summed E-state index contributed by atoms with van der Waals surface area (Å²) in [5, 5.41) is 4.70. The predicted molar refractivity (Wildman–Crippen MR) is 73.9 cm³/mol. The van der Waals surface area contributed by atoms with Crippen LogP contribution in [-0.4, -0.2) is 34.0 Å². The molecule has 1 fully saturated rings. The standard InChI is InChI=1S/C15H13N3O3/c1-9-16-14(21-17-9)11-7-18(8-11)15(19)13-6-10-4-2-3-5-12(10)20-13/h2-6,11H,7-8H2,1H3. The van der Waals surface area contributed by atoms with Gasteiger partial charge in [-0.05, 0) is 19.1 Å². The van der Waals surface area contributed by atoms with E-state index in [2.05, 4.69) is 10.1 Å². The number of para-hydroxylation sites is 1. The monoisotopic (exact) mass is 283 g/mol. The molecule has 0 saturated carbocycles. The highest BCUT2D eigenvalue weighted by Crippen LogP contribution is 2.28. The minimum Gasteiger partial charge on any atom is -0.451 e. The largest absolute Gasteiger partial charge is 0.451 e. The second-order valence-electron chi connectivity index (χ2n) is 5.24. The normalized spacial score (nSPS) is 15.4. The van der Waals surface area contributed by atoms with E-state index in [1.165, 1.54) is 0 Å². The number of benzene rings is 1. The van der Waals surface area contributed by atoms with E-state index in [-0.39, 0.29) is 11.8 Å². The van der Waals surface area contributed by atoms with Gasteiger partial charge >= 0.3 is 0 Å². The van der Waals surface area contributed by atoms with Crippen molar-refractivity contribution in [2.45, 2.75) is 12.8 Å². The molecule has 1 aliphatic rings. The van der Waals surface area contributed by atoms with Gasteiger partial charge in [-0.25, -0.2) is 0 Å². The molecule has 0 atom stereocenters. The molecule has 0 N–H and O–H groups in total. The molecule has 106 valence electrons. The van der Waals surface area contributed by atoms with Gasteiger partial charge in [-0.1, -0.05) is 23.4 Å². The number of carbonyl (C=O) groups is 1. The Labute approximate surface area is 120 Å². The van der Waals surface area contributed by atoms with Gasteiger partial charge in [0.1, 0.15) is 5.58 Å². The van der Waals surface area contributed by atoms with Crippen molar-refractivity contribution in [1.29, 1.82) is 0 Å². The summed E-state index contributed by atoms with van der Waals surface area (Å²) in [7, 11) is 0. The van der Waals surface area contributed by atoms with Crippen LogP contribution in [0, 0.1) is 6.92 Å². The Morgan fingerprint density at radius 1 is 1.33 bits per heavy atom. The lowest BCUT2D eigenvalue weighted by molar-refractivity contribution is 0.0539. The summed E-state index contributed by atoms with van der Waals surface area (Å²) < 4.78 is 10.7. The first kappa shape index (κ1) is 12.1. The molecule has 1 aliphatic heterocycles. The van der Waals surface area contributed by atoms with Crippen molar-refractivity contribution >= 4 is 16.9 Å². The molecule has 0 unspecified atom stereocenters. The van der Waals surface area contributed by atoms with E-state index in [9.17, 15) is 4.79 Å². The van der Waals surface area contributed by atoms with E-state index < -0.39 is 0 Å². The molecule has 3 aromatic rings. The molecule has 4 rings (SSSR count). The summed E-state index contributed by atoms with van der Waals surface area (Å²) in [4.78, 5) is 18.3. The molecule has 3 heterocycles. The average Bonchev–Trinajstić information content (AvgIpc) is 3.03. The molecule has 0 spiro atoms. The first-order valence-electron chi connectivity index (χ1n) is 6.79. The zero-order valence-corrected chi connectivity index (χ0v) is 11.4. The summed E-state index contributed by atoms with van der Waals surface area (Å²) in [5.41, 5.74) is 0.727. The molecule has 0 bridgehead atoms. The third-order valence-corrected chi connectivity index (χ3v) is 3.70. The van der Waals surface area contributed by atoms with E-state index in [0.717, 1.165) is 11.0 Å². The molecule has 1 amide bonds. The number of furan rings is 1. The molecule has 6 heteroatoms. The number of hydrogen-bond acceptors (Lipinski definition) is 5. The highest BCUT2D eigenvalue weighted by atomic mass is 16.5. The molecule has 0 radical (unpaired) electrons. The molecule has 6 nitrogen and oxygen atoms in total. The number of aromatic nitrogens is 2. The van der Waals surface area contributed by atoms with Crippen LogP contribution >= 0.6 is 0 Å². The number of aryl methyl sites for hydroxylation is 1. The van der Waals surface area contributed by atoms with Crippen LogP contribution in [0.4, 0.5) is 0 Å². The van der Waals surface area contributed by atoms with Crippen LogP contribution in [0.5, 0.6) is 0 Å². The van der Waals surface area contributed by atoms with Gasteiger partial charge in [0.2, 0.25) is 5.89 Å². The van der Waals surface area contributed by atoms with Gasteiger partial charge in [0, 0.05) is 18.5 Å². The Morgan fingerprint density at radius 3 is 2.86 bits per heavy atom. The fraction of sp³-hybridized carbons (Fsp3) is 0.267. The fourth-order valence-corrected chi connectivity index (χ4v) is 2.52. The first-order chi connectivity index (χ1) is 10.2. The quantitative estimate of drug-likeness (QED) is 0.722.